The van der Waals surface area contributed by atoms with Crippen molar-refractivity contribution in [2.45, 2.75) is 12.5 Å². The van der Waals surface area contributed by atoms with Crippen LogP contribution in [0, 0.1) is 17.7 Å². The highest BCUT2D eigenvalue weighted by molar-refractivity contribution is 6.31. The highest BCUT2D eigenvalue weighted by Crippen LogP contribution is 2.58. The van der Waals surface area contributed by atoms with Crippen molar-refractivity contribution in [1.29, 1.82) is 0 Å². The van der Waals surface area contributed by atoms with Gasteiger partial charge in [0.25, 0.3) is 5.56 Å². The van der Waals surface area contributed by atoms with E-state index in [9.17, 15) is 9.18 Å². The minimum atomic E-state index is -0.381. The number of nitrogens with zero attached hydrogens (tertiary/aromatic N) is 7. The molecule has 3 aromatic heterocycles. The van der Waals surface area contributed by atoms with Crippen LogP contribution in [-0.2, 0) is 13.6 Å². The van der Waals surface area contributed by atoms with Crippen molar-refractivity contribution in [3.63, 3.8) is 0 Å². The van der Waals surface area contributed by atoms with E-state index in [2.05, 4.69) is 20.1 Å². The van der Waals surface area contributed by atoms with Crippen LogP contribution in [0.3, 0.4) is 0 Å². The topological polar surface area (TPSA) is 94.9 Å². The van der Waals surface area contributed by atoms with Crippen molar-refractivity contribution in [3.8, 4) is 0 Å². The molecule has 11 heteroatoms. The molecule has 0 amide bonds. The first-order valence-corrected chi connectivity index (χ1v) is 10.3. The van der Waals surface area contributed by atoms with Gasteiger partial charge in [-0.3, -0.25) is 9.36 Å². The van der Waals surface area contributed by atoms with Crippen LogP contribution in [0.15, 0.2) is 40.2 Å². The highest BCUT2D eigenvalue weighted by Gasteiger charge is 2.58. The van der Waals surface area contributed by atoms with Gasteiger partial charge < -0.3 is 14.0 Å². The molecular weight excluding hydrogens is 425 g/mol. The molecule has 158 valence electrons. The van der Waals surface area contributed by atoms with Gasteiger partial charge in [-0.1, -0.05) is 22.8 Å². The number of imidazole rings is 1. The molecule has 6 rings (SSSR count). The van der Waals surface area contributed by atoms with Gasteiger partial charge in [0.2, 0.25) is 5.89 Å². The van der Waals surface area contributed by atoms with E-state index < -0.39 is 0 Å². The molecule has 1 aromatic carbocycles. The molecule has 2 fully saturated rings. The number of anilines is 1. The quantitative estimate of drug-likeness (QED) is 0.479. The van der Waals surface area contributed by atoms with Gasteiger partial charge in [-0.25, -0.2) is 14.4 Å². The van der Waals surface area contributed by atoms with Crippen molar-refractivity contribution in [2.24, 2.45) is 18.9 Å². The van der Waals surface area contributed by atoms with Crippen molar-refractivity contribution in [3.05, 3.63) is 63.8 Å². The van der Waals surface area contributed by atoms with Gasteiger partial charge in [-0.15, -0.1) is 0 Å². The Morgan fingerprint density at radius 3 is 2.81 bits per heavy atom. The Balaban J connectivity index is 1.17. The van der Waals surface area contributed by atoms with Gasteiger partial charge in [0.15, 0.2) is 22.8 Å². The molecule has 31 heavy (non-hydrogen) atoms. The second-order valence-electron chi connectivity index (χ2n) is 8.08. The minimum Gasteiger partial charge on any atom is -0.368 e. The smallest absolute Gasteiger partial charge is 0.280 e. The maximum Gasteiger partial charge on any atom is 0.280 e. The van der Waals surface area contributed by atoms with Crippen molar-refractivity contribution >= 4 is 28.5 Å². The zero-order valence-corrected chi connectivity index (χ0v) is 17.2. The Morgan fingerprint density at radius 1 is 1.23 bits per heavy atom. The van der Waals surface area contributed by atoms with Crippen LogP contribution in [0.2, 0.25) is 5.02 Å². The normalized spacial score (nSPS) is 22.3. The summed E-state index contributed by atoms with van der Waals surface area (Å²) in [5, 5.41) is 4.26. The van der Waals surface area contributed by atoms with E-state index in [1.54, 1.807) is 36.1 Å². The molecule has 1 aliphatic carbocycles. The van der Waals surface area contributed by atoms with E-state index in [0.717, 1.165) is 13.1 Å². The summed E-state index contributed by atoms with van der Waals surface area (Å²) in [6.45, 7) is 1.58. The monoisotopic (exact) mass is 441 g/mol. The van der Waals surface area contributed by atoms with Crippen LogP contribution in [0.5, 0.6) is 0 Å². The largest absolute Gasteiger partial charge is 0.368 e. The summed E-state index contributed by atoms with van der Waals surface area (Å²) in [5.41, 5.74) is 1.14. The molecule has 1 saturated carbocycles. The summed E-state index contributed by atoms with van der Waals surface area (Å²) in [4.78, 5) is 27.5. The molecule has 0 N–H and O–H groups in total. The van der Waals surface area contributed by atoms with E-state index in [-0.39, 0.29) is 28.9 Å². The summed E-state index contributed by atoms with van der Waals surface area (Å²) >= 11 is 5.91. The summed E-state index contributed by atoms with van der Waals surface area (Å²) in [6.07, 6.45) is 2.99. The summed E-state index contributed by atoms with van der Waals surface area (Å²) in [5.74, 6) is 1.48. The number of aryl methyl sites for hydroxylation is 1. The van der Waals surface area contributed by atoms with E-state index in [4.69, 9.17) is 16.1 Å². The standard InChI is InChI=1S/C20H17ClFN7O2/c1-27-8-23-19-17(27)20(30)29(9-24-19)7-14-25-18(26-31-14)15-10-5-28(6-11(10)15)13-4-2-3-12(21)16(13)22/h2-4,8-11,15H,5-7H2,1H3/t10-,11+,15-. The average molecular weight is 442 g/mol. The lowest BCUT2D eigenvalue weighted by Gasteiger charge is -2.22. The molecule has 9 nitrogen and oxygen atoms in total. The third-order valence-electron chi connectivity index (χ3n) is 6.25. The number of piperidine rings is 1. The molecule has 4 aromatic rings. The van der Waals surface area contributed by atoms with Gasteiger partial charge in [0, 0.05) is 26.1 Å². The van der Waals surface area contributed by atoms with E-state index >= 15 is 0 Å². The number of hydrogen-bond donors (Lipinski definition) is 0. The van der Waals surface area contributed by atoms with Crippen LogP contribution in [0.1, 0.15) is 17.6 Å². The SMILES string of the molecule is Cn1cnc2ncn(Cc3nc([C@@H]4[C@@H]5CN(c6cccc(Cl)c6F)C[C@@H]54)no3)c(=O)c21. The van der Waals surface area contributed by atoms with Gasteiger partial charge in [-0.05, 0) is 24.0 Å². The fourth-order valence-corrected chi connectivity index (χ4v) is 4.81. The summed E-state index contributed by atoms with van der Waals surface area (Å²) < 4.78 is 22.8. The van der Waals surface area contributed by atoms with Crippen LogP contribution < -0.4 is 10.5 Å². The van der Waals surface area contributed by atoms with Crippen LogP contribution in [-0.4, -0.2) is 42.3 Å². The number of benzene rings is 1. The second-order valence-corrected chi connectivity index (χ2v) is 8.49. The van der Waals surface area contributed by atoms with Crippen LogP contribution in [0.4, 0.5) is 10.1 Å². The number of rotatable bonds is 4. The molecule has 0 unspecified atom stereocenters. The Bertz CT molecular complexity index is 1370. The molecule has 1 aliphatic heterocycles. The van der Waals surface area contributed by atoms with Crippen molar-refractivity contribution in [2.75, 3.05) is 18.0 Å². The summed E-state index contributed by atoms with van der Waals surface area (Å²) in [6, 6.07) is 5.05. The van der Waals surface area contributed by atoms with E-state index in [1.165, 1.54) is 10.9 Å². The molecule has 3 atom stereocenters. The Kier molecular flexibility index (Phi) is 3.95. The Morgan fingerprint density at radius 2 is 2.00 bits per heavy atom. The number of hydrogen-bond acceptors (Lipinski definition) is 7. The molecule has 4 heterocycles. The van der Waals surface area contributed by atoms with Gasteiger partial charge >= 0.3 is 0 Å². The molecule has 0 spiro atoms. The third kappa shape index (κ3) is 2.85. The predicted molar refractivity (Wildman–Crippen MR) is 110 cm³/mol. The fourth-order valence-electron chi connectivity index (χ4n) is 4.64. The molecule has 1 saturated heterocycles. The number of aromatic nitrogens is 6. The number of fused-ring (bicyclic) bond motifs is 2. The van der Waals surface area contributed by atoms with Crippen LogP contribution in [0.25, 0.3) is 11.2 Å². The first-order valence-electron chi connectivity index (χ1n) is 9.89. The first-order chi connectivity index (χ1) is 15.0. The molecule has 0 bridgehead atoms. The van der Waals surface area contributed by atoms with Gasteiger partial charge in [-0.2, -0.15) is 4.98 Å². The average Bonchev–Trinajstić information content (AvgIpc) is 3.18. The zero-order chi connectivity index (χ0) is 21.3. The van der Waals surface area contributed by atoms with Crippen molar-refractivity contribution < 1.29 is 8.91 Å². The molecule has 2 aliphatic rings. The maximum absolute atomic E-state index is 14.3. The fraction of sp³-hybridized carbons (Fsp3) is 0.350. The van der Waals surface area contributed by atoms with Gasteiger partial charge in [0.05, 0.1) is 17.0 Å². The second kappa shape index (κ2) is 6.61. The molecule has 0 radical (unpaired) electrons. The van der Waals surface area contributed by atoms with Crippen molar-refractivity contribution in [1.82, 2.24) is 29.2 Å². The predicted octanol–water partition coefficient (Wildman–Crippen LogP) is 2.20. The lowest BCUT2D eigenvalue weighted by molar-refractivity contribution is 0.363. The van der Waals surface area contributed by atoms with E-state index in [1.807, 2.05) is 4.90 Å². The lowest BCUT2D eigenvalue weighted by Crippen LogP contribution is -2.24. The zero-order valence-electron chi connectivity index (χ0n) is 16.4. The highest BCUT2D eigenvalue weighted by atomic mass is 35.5. The maximum atomic E-state index is 14.3. The number of halogens is 2. The molecular formula is C20H17ClFN7O2. The van der Waals surface area contributed by atoms with E-state index in [0.29, 0.717) is 40.4 Å². The first kappa shape index (κ1) is 18.5. The third-order valence-corrected chi connectivity index (χ3v) is 6.55. The van der Waals surface area contributed by atoms with Gasteiger partial charge in [0.1, 0.15) is 12.9 Å². The summed E-state index contributed by atoms with van der Waals surface area (Å²) in [7, 11) is 1.75. The Labute approximate surface area is 180 Å². The van der Waals surface area contributed by atoms with Crippen LogP contribution >= 0.6 is 11.6 Å². The Hall–Kier alpha value is -3.27. The minimum absolute atomic E-state index is 0.131. The lowest BCUT2D eigenvalue weighted by atomic mass is 10.2.